The molecule has 0 amide bonds. The van der Waals surface area contributed by atoms with E-state index in [0.717, 1.165) is 81.5 Å². The molecule has 1 aromatic heterocycles. The van der Waals surface area contributed by atoms with Gasteiger partial charge in [-0.15, -0.1) is 0 Å². The van der Waals surface area contributed by atoms with E-state index in [1.807, 2.05) is 30.3 Å². The Morgan fingerprint density at radius 3 is 2.37 bits per heavy atom. The quantitative estimate of drug-likeness (QED) is 0.343. The molecule has 2 aromatic carbocycles. The summed E-state index contributed by atoms with van der Waals surface area (Å²) in [4.78, 5) is 7.40. The number of halogens is 1. The molecule has 35 heavy (non-hydrogen) atoms. The van der Waals surface area contributed by atoms with Crippen molar-refractivity contribution in [2.24, 2.45) is 0 Å². The van der Waals surface area contributed by atoms with E-state index < -0.39 is 0 Å². The van der Waals surface area contributed by atoms with Crippen molar-refractivity contribution in [3.8, 4) is 11.5 Å². The molecule has 0 atom stereocenters. The number of hydrogen-bond acceptors (Lipinski definition) is 6. The van der Waals surface area contributed by atoms with Gasteiger partial charge in [-0.05, 0) is 90.5 Å². The van der Waals surface area contributed by atoms with Crippen LogP contribution in [0.4, 0.5) is 17.3 Å². The highest BCUT2D eigenvalue weighted by molar-refractivity contribution is 9.10. The van der Waals surface area contributed by atoms with Crippen molar-refractivity contribution in [3.05, 3.63) is 69.2 Å². The molecule has 1 fully saturated rings. The first kappa shape index (κ1) is 25.3. The smallest absolute Gasteiger partial charge is 0.147 e. The monoisotopic (exact) mass is 539 g/mol. The first-order valence-electron chi connectivity index (χ1n) is 12.0. The number of rotatable bonds is 8. The van der Waals surface area contributed by atoms with Crippen molar-refractivity contribution in [2.45, 2.75) is 46.3 Å². The third kappa shape index (κ3) is 5.90. The average molecular weight is 541 g/mol. The zero-order chi connectivity index (χ0) is 24.9. The molecule has 186 valence electrons. The molecule has 0 aliphatic carbocycles. The minimum atomic E-state index is 0.338. The lowest BCUT2D eigenvalue weighted by Crippen LogP contribution is -2.37. The van der Waals surface area contributed by atoms with E-state index in [9.17, 15) is 0 Å². The van der Waals surface area contributed by atoms with E-state index in [0.29, 0.717) is 12.7 Å². The van der Waals surface area contributed by atoms with Crippen molar-refractivity contribution in [1.29, 1.82) is 0 Å². The normalized spacial score (nSPS) is 14.2. The highest BCUT2D eigenvalue weighted by Crippen LogP contribution is 2.36. The summed E-state index contributed by atoms with van der Waals surface area (Å²) in [5.74, 6) is 3.51. The summed E-state index contributed by atoms with van der Waals surface area (Å²) in [5.41, 5.74) is 5.44. The topological polar surface area (TPSA) is 55.9 Å². The van der Waals surface area contributed by atoms with E-state index in [-0.39, 0.29) is 0 Å². The lowest BCUT2D eigenvalue weighted by molar-refractivity contribution is 0.0818. The first-order valence-corrected chi connectivity index (χ1v) is 12.8. The van der Waals surface area contributed by atoms with Gasteiger partial charge in [-0.3, -0.25) is 0 Å². The Hall–Kier alpha value is -2.77. The second-order valence-electron chi connectivity index (χ2n) is 9.02. The molecular weight excluding hydrogens is 506 g/mol. The molecule has 1 N–H and O–H groups in total. The molecule has 3 aromatic rings. The molecule has 6 nitrogen and oxygen atoms in total. The van der Waals surface area contributed by atoms with E-state index in [1.54, 1.807) is 14.2 Å². The molecule has 0 radical (unpaired) electrons. The molecule has 2 heterocycles. The summed E-state index contributed by atoms with van der Waals surface area (Å²) in [5, 5.41) is 3.58. The van der Waals surface area contributed by atoms with Crippen LogP contribution in [0.2, 0.25) is 0 Å². The summed E-state index contributed by atoms with van der Waals surface area (Å²) in [6.45, 7) is 8.67. The van der Waals surface area contributed by atoms with E-state index in [2.05, 4.69) is 59.1 Å². The molecular formula is C28H34BrN3O3. The molecule has 4 rings (SSSR count). The SMILES string of the molecule is COc1ccc(COc2ccc(C)c(Nc3nc(N4CCC(OC)CC4)c(C)cc3Br)c2C)cc1. The number of ether oxygens (including phenoxy) is 3. The van der Waals surface area contributed by atoms with Crippen LogP contribution >= 0.6 is 15.9 Å². The van der Waals surface area contributed by atoms with Crippen LogP contribution in [-0.4, -0.2) is 38.4 Å². The van der Waals surface area contributed by atoms with Crippen LogP contribution in [0.15, 0.2) is 46.9 Å². The Labute approximate surface area is 216 Å². The van der Waals surface area contributed by atoms with Gasteiger partial charge in [0, 0.05) is 31.5 Å². The maximum Gasteiger partial charge on any atom is 0.147 e. The van der Waals surface area contributed by atoms with Gasteiger partial charge in [0.2, 0.25) is 0 Å². The van der Waals surface area contributed by atoms with Gasteiger partial charge in [0.1, 0.15) is 29.7 Å². The second-order valence-corrected chi connectivity index (χ2v) is 9.88. The number of benzene rings is 2. The van der Waals surface area contributed by atoms with Gasteiger partial charge in [-0.1, -0.05) is 18.2 Å². The van der Waals surface area contributed by atoms with Gasteiger partial charge in [0.05, 0.1) is 17.7 Å². The number of nitrogens with one attached hydrogen (secondary N) is 1. The molecule has 0 spiro atoms. The fourth-order valence-corrected chi connectivity index (χ4v) is 4.99. The van der Waals surface area contributed by atoms with Crippen LogP contribution in [0.25, 0.3) is 0 Å². The van der Waals surface area contributed by atoms with Crippen LogP contribution < -0.4 is 19.7 Å². The highest BCUT2D eigenvalue weighted by atomic mass is 79.9. The third-order valence-corrected chi connectivity index (χ3v) is 7.24. The van der Waals surface area contributed by atoms with E-state index in [1.165, 1.54) is 0 Å². The molecule has 1 aliphatic heterocycles. The standard InChI is InChI=1S/C28H34BrN3O3/c1-18-6-11-25(35-17-21-7-9-22(33-4)10-8-21)20(3)26(18)30-27-24(29)16-19(2)28(31-27)32-14-12-23(34-5)13-15-32/h6-11,16,23H,12-15,17H2,1-5H3,(H,30,31). The van der Waals surface area contributed by atoms with E-state index in [4.69, 9.17) is 19.2 Å². The Bertz CT molecular complexity index is 1160. The summed E-state index contributed by atoms with van der Waals surface area (Å²) in [7, 11) is 3.47. The van der Waals surface area contributed by atoms with Crippen molar-refractivity contribution >= 4 is 33.3 Å². The zero-order valence-electron chi connectivity index (χ0n) is 21.2. The summed E-state index contributed by atoms with van der Waals surface area (Å²) in [6.07, 6.45) is 2.37. The number of pyridine rings is 1. The maximum atomic E-state index is 6.19. The largest absolute Gasteiger partial charge is 0.497 e. The first-order chi connectivity index (χ1) is 16.9. The number of piperidine rings is 1. The van der Waals surface area contributed by atoms with Crippen molar-refractivity contribution < 1.29 is 14.2 Å². The Kier molecular flexibility index (Phi) is 8.19. The van der Waals surface area contributed by atoms with Gasteiger partial charge in [0.15, 0.2) is 0 Å². The molecule has 0 bridgehead atoms. The van der Waals surface area contributed by atoms with Gasteiger partial charge in [0.25, 0.3) is 0 Å². The van der Waals surface area contributed by atoms with Crippen LogP contribution in [0.3, 0.4) is 0 Å². The molecule has 1 aliphatic rings. The van der Waals surface area contributed by atoms with Crippen molar-refractivity contribution in [2.75, 3.05) is 37.5 Å². The van der Waals surface area contributed by atoms with Crippen LogP contribution in [0, 0.1) is 20.8 Å². The minimum absolute atomic E-state index is 0.338. The number of aromatic nitrogens is 1. The van der Waals surface area contributed by atoms with Gasteiger partial charge in [-0.25, -0.2) is 4.98 Å². The fraction of sp³-hybridized carbons (Fsp3) is 0.393. The number of hydrogen-bond donors (Lipinski definition) is 1. The van der Waals surface area contributed by atoms with Crippen molar-refractivity contribution in [1.82, 2.24) is 4.98 Å². The summed E-state index contributed by atoms with van der Waals surface area (Å²) >= 11 is 3.72. The van der Waals surface area contributed by atoms with E-state index >= 15 is 0 Å². The number of nitrogens with zero attached hydrogens (tertiary/aromatic N) is 2. The Balaban J connectivity index is 1.54. The lowest BCUT2D eigenvalue weighted by Gasteiger charge is -2.33. The lowest BCUT2D eigenvalue weighted by atomic mass is 10.1. The Morgan fingerprint density at radius 2 is 1.71 bits per heavy atom. The van der Waals surface area contributed by atoms with Gasteiger partial charge < -0.3 is 24.4 Å². The molecule has 0 unspecified atom stereocenters. The highest BCUT2D eigenvalue weighted by Gasteiger charge is 2.22. The number of anilines is 3. The van der Waals surface area contributed by atoms with Crippen LogP contribution in [0.1, 0.15) is 35.1 Å². The molecule has 7 heteroatoms. The predicted molar refractivity (Wildman–Crippen MR) is 145 cm³/mol. The maximum absolute atomic E-state index is 6.19. The second kappa shape index (κ2) is 11.3. The van der Waals surface area contributed by atoms with Crippen LogP contribution in [0.5, 0.6) is 11.5 Å². The van der Waals surface area contributed by atoms with Gasteiger partial charge in [-0.2, -0.15) is 0 Å². The van der Waals surface area contributed by atoms with Crippen LogP contribution in [-0.2, 0) is 11.3 Å². The fourth-order valence-electron chi connectivity index (χ4n) is 4.46. The minimum Gasteiger partial charge on any atom is -0.497 e. The molecule has 0 saturated carbocycles. The summed E-state index contributed by atoms with van der Waals surface area (Å²) < 4.78 is 17.9. The summed E-state index contributed by atoms with van der Waals surface area (Å²) in [6, 6.07) is 14.2. The third-order valence-electron chi connectivity index (χ3n) is 6.64. The Morgan fingerprint density at radius 1 is 1.00 bits per heavy atom. The van der Waals surface area contributed by atoms with Crippen molar-refractivity contribution in [3.63, 3.8) is 0 Å². The number of methoxy groups -OCH3 is 2. The number of aryl methyl sites for hydroxylation is 2. The molecule has 1 saturated heterocycles. The zero-order valence-corrected chi connectivity index (χ0v) is 22.7. The average Bonchev–Trinajstić information content (AvgIpc) is 2.87. The predicted octanol–water partition coefficient (Wildman–Crippen LogP) is 6.72. The van der Waals surface area contributed by atoms with Gasteiger partial charge >= 0.3 is 0 Å².